The Morgan fingerprint density at radius 1 is 1.31 bits per heavy atom. The van der Waals surface area contributed by atoms with Gasteiger partial charge in [0.2, 0.25) is 5.91 Å². The highest BCUT2D eigenvalue weighted by atomic mass is 35.5. The van der Waals surface area contributed by atoms with Crippen molar-refractivity contribution in [2.75, 3.05) is 11.4 Å². The smallest absolute Gasteiger partial charge is 0.293 e. The minimum atomic E-state index is -0.384. The van der Waals surface area contributed by atoms with E-state index in [4.69, 9.17) is 11.6 Å². The molecule has 1 fully saturated rings. The van der Waals surface area contributed by atoms with Crippen LogP contribution in [0.5, 0.6) is 0 Å². The molecule has 0 bridgehead atoms. The molecule has 1 unspecified atom stereocenters. The molecule has 1 saturated heterocycles. The summed E-state index contributed by atoms with van der Waals surface area (Å²) in [5, 5.41) is 2.92. The Morgan fingerprint density at radius 3 is 2.56 bits per heavy atom. The van der Waals surface area contributed by atoms with Crippen LogP contribution in [0, 0.1) is 5.92 Å². The van der Waals surface area contributed by atoms with Gasteiger partial charge in [-0.2, -0.15) is 0 Å². The lowest BCUT2D eigenvalue weighted by Crippen LogP contribution is -2.53. The monoisotopic (exact) mass is 238 g/mol. The van der Waals surface area contributed by atoms with E-state index >= 15 is 0 Å². The molecule has 0 radical (unpaired) electrons. The second-order valence-corrected chi connectivity index (χ2v) is 4.22. The van der Waals surface area contributed by atoms with E-state index in [-0.39, 0.29) is 17.9 Å². The fourth-order valence-corrected chi connectivity index (χ4v) is 1.71. The first-order valence-corrected chi connectivity index (χ1v) is 5.33. The standard InChI is InChI=1S/C11H11ClN2O2/c1-7-6-14(11(16)13-10(7)15)9-4-2-8(12)3-5-9/h2-5,7H,6H2,1H3,(H,13,15,16). The molecule has 1 heterocycles. The molecule has 4 nitrogen and oxygen atoms in total. The number of carbonyl (C=O) groups excluding carboxylic acids is 2. The van der Waals surface area contributed by atoms with Crippen LogP contribution >= 0.6 is 11.6 Å². The van der Waals surface area contributed by atoms with Crippen LogP contribution < -0.4 is 10.2 Å². The van der Waals surface area contributed by atoms with Gasteiger partial charge in [-0.25, -0.2) is 4.79 Å². The van der Waals surface area contributed by atoms with Crippen molar-refractivity contribution in [1.29, 1.82) is 0 Å². The SMILES string of the molecule is CC1CN(c2ccc(Cl)cc2)C(=O)NC1=O. The van der Waals surface area contributed by atoms with Crippen LogP contribution in [0.25, 0.3) is 0 Å². The maximum Gasteiger partial charge on any atom is 0.328 e. The van der Waals surface area contributed by atoms with Crippen molar-refractivity contribution < 1.29 is 9.59 Å². The molecule has 0 aliphatic carbocycles. The maximum atomic E-state index is 11.6. The first-order valence-electron chi connectivity index (χ1n) is 4.96. The minimum absolute atomic E-state index is 0.201. The van der Waals surface area contributed by atoms with Gasteiger partial charge in [0, 0.05) is 17.3 Å². The van der Waals surface area contributed by atoms with Crippen LogP contribution in [0.15, 0.2) is 24.3 Å². The molecule has 1 aromatic rings. The summed E-state index contributed by atoms with van der Waals surface area (Å²) in [4.78, 5) is 24.4. The minimum Gasteiger partial charge on any atom is -0.293 e. The summed E-state index contributed by atoms with van der Waals surface area (Å²) < 4.78 is 0. The number of hydrogen-bond acceptors (Lipinski definition) is 2. The fourth-order valence-electron chi connectivity index (χ4n) is 1.58. The van der Waals surface area contributed by atoms with Crippen molar-refractivity contribution in [3.05, 3.63) is 29.3 Å². The van der Waals surface area contributed by atoms with E-state index in [2.05, 4.69) is 5.32 Å². The van der Waals surface area contributed by atoms with Gasteiger partial charge in [0.25, 0.3) is 0 Å². The number of imide groups is 1. The van der Waals surface area contributed by atoms with Gasteiger partial charge < -0.3 is 0 Å². The predicted molar refractivity (Wildman–Crippen MR) is 61.5 cm³/mol. The molecule has 16 heavy (non-hydrogen) atoms. The number of benzene rings is 1. The number of anilines is 1. The molecular formula is C11H11ClN2O2. The Labute approximate surface area is 98.2 Å². The van der Waals surface area contributed by atoms with Crippen LogP contribution in [0.3, 0.4) is 0 Å². The second-order valence-electron chi connectivity index (χ2n) is 3.78. The lowest BCUT2D eigenvalue weighted by Gasteiger charge is -2.30. The second kappa shape index (κ2) is 4.14. The first kappa shape index (κ1) is 11.0. The number of amides is 3. The molecule has 84 valence electrons. The fraction of sp³-hybridized carbons (Fsp3) is 0.273. The summed E-state index contributed by atoms with van der Waals surface area (Å²) in [5.41, 5.74) is 0.737. The summed E-state index contributed by atoms with van der Waals surface area (Å²) in [6, 6.07) is 6.55. The van der Waals surface area contributed by atoms with Crippen LogP contribution in [-0.4, -0.2) is 18.5 Å². The summed E-state index contributed by atoms with van der Waals surface area (Å²) in [7, 11) is 0. The Bertz CT molecular complexity index is 430. The normalized spacial score (nSPS) is 20.9. The van der Waals surface area contributed by atoms with Gasteiger partial charge in [-0.05, 0) is 24.3 Å². The van der Waals surface area contributed by atoms with E-state index in [0.29, 0.717) is 11.6 Å². The third-order valence-electron chi connectivity index (χ3n) is 2.52. The zero-order chi connectivity index (χ0) is 11.7. The molecule has 5 heteroatoms. The highest BCUT2D eigenvalue weighted by Crippen LogP contribution is 2.21. The van der Waals surface area contributed by atoms with Crippen molar-refractivity contribution in [3.8, 4) is 0 Å². The lowest BCUT2D eigenvalue weighted by molar-refractivity contribution is -0.123. The Hall–Kier alpha value is -1.55. The third-order valence-corrected chi connectivity index (χ3v) is 2.77. The van der Waals surface area contributed by atoms with Crippen LogP contribution in [0.2, 0.25) is 5.02 Å². The summed E-state index contributed by atoms with van der Waals surface area (Å²) in [5.74, 6) is -0.427. The van der Waals surface area contributed by atoms with Crippen LogP contribution in [0.1, 0.15) is 6.92 Å². The topological polar surface area (TPSA) is 49.4 Å². The molecule has 0 saturated carbocycles. The molecule has 1 aromatic carbocycles. The number of rotatable bonds is 1. The van der Waals surface area contributed by atoms with E-state index in [9.17, 15) is 9.59 Å². The maximum absolute atomic E-state index is 11.6. The third kappa shape index (κ3) is 2.02. The van der Waals surface area contributed by atoms with Gasteiger partial charge in [0.15, 0.2) is 0 Å². The zero-order valence-corrected chi connectivity index (χ0v) is 9.49. The molecular weight excluding hydrogens is 228 g/mol. The number of halogens is 1. The van der Waals surface area contributed by atoms with Crippen molar-refractivity contribution in [3.63, 3.8) is 0 Å². The summed E-state index contributed by atoms with van der Waals surface area (Å²) >= 11 is 5.77. The molecule has 1 atom stereocenters. The number of urea groups is 1. The van der Waals surface area contributed by atoms with Gasteiger partial charge >= 0.3 is 6.03 Å². The summed E-state index contributed by atoms with van der Waals surface area (Å²) in [6.07, 6.45) is 0. The van der Waals surface area contributed by atoms with Crippen LogP contribution in [0.4, 0.5) is 10.5 Å². The zero-order valence-electron chi connectivity index (χ0n) is 8.74. The summed E-state index contributed by atoms with van der Waals surface area (Å²) in [6.45, 7) is 2.18. The number of hydrogen-bond donors (Lipinski definition) is 1. The van der Waals surface area contributed by atoms with Crippen LogP contribution in [-0.2, 0) is 4.79 Å². The van der Waals surface area contributed by atoms with Crippen molar-refractivity contribution in [2.24, 2.45) is 5.92 Å². The van der Waals surface area contributed by atoms with Crippen molar-refractivity contribution in [2.45, 2.75) is 6.92 Å². The average molecular weight is 239 g/mol. The van der Waals surface area contributed by atoms with E-state index in [1.54, 1.807) is 31.2 Å². The Kier molecular flexibility index (Phi) is 2.83. The predicted octanol–water partition coefficient (Wildman–Crippen LogP) is 2.03. The Balaban J connectivity index is 2.24. The average Bonchev–Trinajstić information content (AvgIpc) is 2.25. The first-order chi connectivity index (χ1) is 7.58. The highest BCUT2D eigenvalue weighted by Gasteiger charge is 2.29. The van der Waals surface area contributed by atoms with Gasteiger partial charge in [-0.15, -0.1) is 0 Å². The van der Waals surface area contributed by atoms with Gasteiger partial charge in [-0.1, -0.05) is 18.5 Å². The lowest BCUT2D eigenvalue weighted by atomic mass is 10.1. The molecule has 3 amide bonds. The molecule has 2 rings (SSSR count). The molecule has 0 aromatic heterocycles. The molecule has 1 aliphatic heterocycles. The van der Waals surface area contributed by atoms with E-state index in [0.717, 1.165) is 5.69 Å². The van der Waals surface area contributed by atoms with E-state index < -0.39 is 0 Å². The van der Waals surface area contributed by atoms with E-state index in [1.165, 1.54) is 4.90 Å². The Morgan fingerprint density at radius 2 is 1.94 bits per heavy atom. The largest absolute Gasteiger partial charge is 0.328 e. The number of nitrogens with one attached hydrogen (secondary N) is 1. The molecule has 1 aliphatic rings. The number of carbonyl (C=O) groups is 2. The van der Waals surface area contributed by atoms with Gasteiger partial charge in [0.1, 0.15) is 0 Å². The quantitative estimate of drug-likeness (QED) is 0.814. The van der Waals surface area contributed by atoms with Crippen molar-refractivity contribution in [1.82, 2.24) is 5.32 Å². The molecule has 1 N–H and O–H groups in total. The number of nitrogens with zero attached hydrogens (tertiary/aromatic N) is 1. The van der Waals surface area contributed by atoms with E-state index in [1.807, 2.05) is 0 Å². The molecule has 0 spiro atoms. The highest BCUT2D eigenvalue weighted by molar-refractivity contribution is 6.30. The van der Waals surface area contributed by atoms with Gasteiger partial charge in [-0.3, -0.25) is 15.0 Å². The van der Waals surface area contributed by atoms with Crippen molar-refractivity contribution >= 4 is 29.2 Å². The van der Waals surface area contributed by atoms with Gasteiger partial charge in [0.05, 0.1) is 5.92 Å².